The second-order valence-corrected chi connectivity index (χ2v) is 3.42. The van der Waals surface area contributed by atoms with Gasteiger partial charge in [-0.05, 0) is 6.92 Å². The maximum absolute atomic E-state index is 9.73. The van der Waals surface area contributed by atoms with E-state index in [1.54, 1.807) is 0 Å². The van der Waals surface area contributed by atoms with Crippen molar-refractivity contribution in [3.63, 3.8) is 0 Å². The van der Waals surface area contributed by atoms with Gasteiger partial charge in [-0.25, -0.2) is 0 Å². The van der Waals surface area contributed by atoms with Crippen molar-refractivity contribution in [1.82, 2.24) is 0 Å². The van der Waals surface area contributed by atoms with E-state index >= 15 is 0 Å². The minimum absolute atomic E-state index is 0.258. The van der Waals surface area contributed by atoms with Crippen LogP contribution < -0.4 is 9.79 Å². The summed E-state index contributed by atoms with van der Waals surface area (Å²) in [6, 6.07) is 0. The van der Waals surface area contributed by atoms with Crippen molar-refractivity contribution in [2.75, 3.05) is 6.61 Å². The SMILES string of the molecule is CC(Cl)COP(=O)([O-])[O-]. The molecule has 0 amide bonds. The van der Waals surface area contributed by atoms with E-state index in [2.05, 4.69) is 4.52 Å². The summed E-state index contributed by atoms with van der Waals surface area (Å²) in [6.07, 6.45) is 0. The summed E-state index contributed by atoms with van der Waals surface area (Å²) in [5.41, 5.74) is 0. The third-order valence-corrected chi connectivity index (χ3v) is 1.05. The fraction of sp³-hybridized carbons (Fsp3) is 1.00. The van der Waals surface area contributed by atoms with Crippen LogP contribution in [0.15, 0.2) is 0 Å². The highest BCUT2D eigenvalue weighted by atomic mass is 35.5. The Kier molecular flexibility index (Phi) is 3.70. The van der Waals surface area contributed by atoms with Crippen LogP contribution in [0.4, 0.5) is 0 Å². The molecule has 0 aliphatic heterocycles. The standard InChI is InChI=1S/C3H8ClO4P/c1-3(4)2-8-9(5,6)7/h3H,2H2,1H3,(H2,5,6,7)/p-2. The van der Waals surface area contributed by atoms with Gasteiger partial charge in [0, 0.05) is 0 Å². The molecule has 0 fully saturated rings. The Morgan fingerprint density at radius 1 is 1.78 bits per heavy atom. The average Bonchev–Trinajstić information content (AvgIpc) is 1.59. The summed E-state index contributed by atoms with van der Waals surface area (Å²) in [7, 11) is -4.80. The highest BCUT2D eigenvalue weighted by molar-refractivity contribution is 7.43. The van der Waals surface area contributed by atoms with Gasteiger partial charge in [-0.2, -0.15) is 0 Å². The monoisotopic (exact) mass is 172 g/mol. The normalized spacial score (nSPS) is 15.6. The van der Waals surface area contributed by atoms with Crippen LogP contribution in [0.1, 0.15) is 6.92 Å². The molecule has 0 heterocycles. The van der Waals surface area contributed by atoms with Crippen LogP contribution in [-0.4, -0.2) is 12.0 Å². The first-order valence-corrected chi connectivity index (χ1v) is 4.12. The first kappa shape index (κ1) is 9.40. The third kappa shape index (κ3) is 8.40. The van der Waals surface area contributed by atoms with E-state index < -0.39 is 13.2 Å². The molecule has 1 unspecified atom stereocenters. The molecule has 6 heteroatoms. The van der Waals surface area contributed by atoms with Crippen LogP contribution in [0, 0.1) is 0 Å². The Morgan fingerprint density at radius 3 is 2.33 bits per heavy atom. The Morgan fingerprint density at radius 2 is 2.22 bits per heavy atom. The Balaban J connectivity index is 3.40. The van der Waals surface area contributed by atoms with Crippen LogP contribution in [0.3, 0.4) is 0 Å². The topological polar surface area (TPSA) is 72.4 Å². The van der Waals surface area contributed by atoms with Gasteiger partial charge in [0.2, 0.25) is 0 Å². The summed E-state index contributed by atoms with van der Waals surface area (Å²) in [5.74, 6) is 0. The van der Waals surface area contributed by atoms with Crippen LogP contribution >= 0.6 is 19.4 Å². The van der Waals surface area contributed by atoms with Crippen molar-refractivity contribution < 1.29 is 18.9 Å². The van der Waals surface area contributed by atoms with Crippen molar-refractivity contribution in [2.24, 2.45) is 0 Å². The summed E-state index contributed by atoms with van der Waals surface area (Å²) in [5, 5.41) is -0.457. The molecule has 0 N–H and O–H groups in total. The summed E-state index contributed by atoms with van der Waals surface area (Å²) >= 11 is 5.26. The van der Waals surface area contributed by atoms with E-state index in [1.165, 1.54) is 6.92 Å². The molecule has 1 atom stereocenters. The lowest BCUT2D eigenvalue weighted by molar-refractivity contribution is -0.341. The fourth-order valence-corrected chi connectivity index (χ4v) is 0.751. The predicted octanol–water partition coefficient (Wildman–Crippen LogP) is -0.541. The zero-order valence-corrected chi connectivity index (χ0v) is 6.39. The number of phosphoric ester groups is 1. The molecule has 0 spiro atoms. The van der Waals surface area contributed by atoms with Gasteiger partial charge in [0.15, 0.2) is 0 Å². The molecule has 0 saturated heterocycles. The molecule has 0 saturated carbocycles. The Hall–Kier alpha value is 0.400. The smallest absolute Gasteiger partial charge is 0.0679 e. The number of rotatable bonds is 3. The van der Waals surface area contributed by atoms with Gasteiger partial charge in [-0.3, -0.25) is 0 Å². The maximum atomic E-state index is 9.73. The molecule has 0 aromatic carbocycles. The molecule has 56 valence electrons. The van der Waals surface area contributed by atoms with E-state index in [1.807, 2.05) is 0 Å². The third-order valence-electron chi connectivity index (χ3n) is 0.462. The second-order valence-electron chi connectivity index (χ2n) is 1.52. The number of halogens is 1. The zero-order valence-electron chi connectivity index (χ0n) is 4.74. The quantitative estimate of drug-likeness (QED) is 0.423. The number of hydrogen-bond acceptors (Lipinski definition) is 4. The minimum Gasteiger partial charge on any atom is -0.790 e. The largest absolute Gasteiger partial charge is 0.790 e. The average molecular weight is 173 g/mol. The van der Waals surface area contributed by atoms with Gasteiger partial charge in [-0.15, -0.1) is 11.6 Å². The predicted molar refractivity (Wildman–Crippen MR) is 28.9 cm³/mol. The first-order chi connectivity index (χ1) is 3.92. The van der Waals surface area contributed by atoms with Crippen LogP contribution in [0.2, 0.25) is 0 Å². The highest BCUT2D eigenvalue weighted by Gasteiger charge is 1.96. The zero-order chi connectivity index (χ0) is 7.49. The van der Waals surface area contributed by atoms with Crippen molar-refractivity contribution in [3.05, 3.63) is 0 Å². The van der Waals surface area contributed by atoms with Crippen molar-refractivity contribution in [1.29, 1.82) is 0 Å². The van der Waals surface area contributed by atoms with Gasteiger partial charge < -0.3 is 18.9 Å². The van der Waals surface area contributed by atoms with E-state index in [9.17, 15) is 14.4 Å². The van der Waals surface area contributed by atoms with Gasteiger partial charge >= 0.3 is 0 Å². The molecule has 0 aromatic rings. The van der Waals surface area contributed by atoms with E-state index in [0.29, 0.717) is 0 Å². The molecule has 0 aliphatic carbocycles. The number of phosphoric acid groups is 1. The molecule has 0 aliphatic rings. The van der Waals surface area contributed by atoms with Crippen molar-refractivity contribution in [2.45, 2.75) is 12.3 Å². The molecular formula is C3H6ClO4P-2. The van der Waals surface area contributed by atoms with E-state index in [-0.39, 0.29) is 6.61 Å². The van der Waals surface area contributed by atoms with Gasteiger partial charge in [0.05, 0.1) is 19.8 Å². The summed E-state index contributed by atoms with van der Waals surface area (Å²) in [6.45, 7) is 1.27. The van der Waals surface area contributed by atoms with Gasteiger partial charge in [0.25, 0.3) is 0 Å². The van der Waals surface area contributed by atoms with E-state index in [0.717, 1.165) is 0 Å². The van der Waals surface area contributed by atoms with E-state index in [4.69, 9.17) is 11.6 Å². The molecule has 0 rings (SSSR count). The highest BCUT2D eigenvalue weighted by Crippen LogP contribution is 2.24. The fourth-order valence-electron chi connectivity index (χ4n) is 0.194. The van der Waals surface area contributed by atoms with Crippen molar-refractivity contribution >= 4 is 19.4 Å². The van der Waals surface area contributed by atoms with Crippen molar-refractivity contribution in [3.8, 4) is 0 Å². The molecule has 9 heavy (non-hydrogen) atoms. The first-order valence-electron chi connectivity index (χ1n) is 2.22. The minimum atomic E-state index is -4.80. The maximum Gasteiger partial charge on any atom is 0.0679 e. The summed E-state index contributed by atoms with van der Waals surface area (Å²) in [4.78, 5) is 19.5. The second kappa shape index (κ2) is 3.54. The number of alkyl halides is 1. The molecule has 4 nitrogen and oxygen atoms in total. The van der Waals surface area contributed by atoms with Crippen LogP contribution in [-0.2, 0) is 9.09 Å². The van der Waals surface area contributed by atoms with Gasteiger partial charge in [0.1, 0.15) is 0 Å². The lowest BCUT2D eigenvalue weighted by Crippen LogP contribution is -2.18. The van der Waals surface area contributed by atoms with Crippen LogP contribution in [0.5, 0.6) is 0 Å². The summed E-state index contributed by atoms with van der Waals surface area (Å²) < 4.78 is 13.5. The molecule has 0 bridgehead atoms. The lowest BCUT2D eigenvalue weighted by atomic mass is 10.5. The van der Waals surface area contributed by atoms with Crippen LogP contribution in [0.25, 0.3) is 0 Å². The Labute approximate surface area is 58.0 Å². The van der Waals surface area contributed by atoms with Gasteiger partial charge in [-0.1, -0.05) is 0 Å². The molecule has 0 radical (unpaired) electrons. The Bertz CT molecular complexity index is 119. The molecular weight excluding hydrogens is 166 g/mol. The lowest BCUT2D eigenvalue weighted by Gasteiger charge is -2.28. The number of hydrogen-bond donors (Lipinski definition) is 0. The molecule has 0 aromatic heterocycles.